The molecule has 6 rings (SSSR count). The highest BCUT2D eigenvalue weighted by Gasteiger charge is 2.33. The number of para-hydroxylation sites is 1. The zero-order valence-electron chi connectivity index (χ0n) is 27.8. The molecular weight excluding hydrogens is 666 g/mol. The average molecular weight is 707 g/mol. The summed E-state index contributed by atoms with van der Waals surface area (Å²) in [5, 5.41) is 5.69. The number of nitrogens with one attached hydrogen (secondary N) is 1. The van der Waals surface area contributed by atoms with Gasteiger partial charge in [0.1, 0.15) is 6.61 Å². The van der Waals surface area contributed by atoms with Crippen molar-refractivity contribution in [1.29, 1.82) is 0 Å². The van der Waals surface area contributed by atoms with E-state index in [1.807, 2.05) is 48.5 Å². The molecule has 6 nitrogen and oxygen atoms in total. The Hall–Kier alpha value is -3.64. The average Bonchev–Trinajstić information content (AvgIpc) is 3.08. The van der Waals surface area contributed by atoms with Gasteiger partial charge in [-0.1, -0.05) is 55.1 Å². The van der Waals surface area contributed by atoms with E-state index in [1.54, 1.807) is 6.07 Å². The van der Waals surface area contributed by atoms with Crippen LogP contribution in [0.15, 0.2) is 88.7 Å². The second-order valence-corrected chi connectivity index (χ2v) is 14.2. The summed E-state index contributed by atoms with van der Waals surface area (Å²) in [7, 11) is 0. The van der Waals surface area contributed by atoms with Crippen LogP contribution in [0.3, 0.4) is 0 Å². The van der Waals surface area contributed by atoms with Crippen LogP contribution in [0.25, 0.3) is 10.8 Å². The Morgan fingerprint density at radius 1 is 0.898 bits per heavy atom. The zero-order chi connectivity index (χ0) is 34.5. The van der Waals surface area contributed by atoms with E-state index >= 15 is 0 Å². The van der Waals surface area contributed by atoms with Crippen molar-refractivity contribution in [3.63, 3.8) is 0 Å². The van der Waals surface area contributed by atoms with E-state index < -0.39 is 11.7 Å². The number of thiocarbonyl (C=S) groups is 1. The fourth-order valence-corrected chi connectivity index (χ4v) is 7.81. The highest BCUT2D eigenvalue weighted by Crippen LogP contribution is 2.49. The highest BCUT2D eigenvalue weighted by molar-refractivity contribution is 7.99. The molecule has 0 aliphatic carbocycles. The zero-order valence-corrected chi connectivity index (χ0v) is 29.4. The fourth-order valence-electron chi connectivity index (χ4n) is 6.56. The molecule has 4 aromatic carbocycles. The van der Waals surface area contributed by atoms with Crippen LogP contribution in [0.5, 0.6) is 0 Å². The van der Waals surface area contributed by atoms with E-state index in [-0.39, 0.29) is 11.8 Å². The van der Waals surface area contributed by atoms with Gasteiger partial charge >= 0.3 is 6.18 Å². The van der Waals surface area contributed by atoms with Gasteiger partial charge in [-0.15, -0.1) is 0 Å². The first-order valence-electron chi connectivity index (χ1n) is 16.7. The first-order valence-corrected chi connectivity index (χ1v) is 17.9. The molecule has 2 aliphatic heterocycles. The van der Waals surface area contributed by atoms with Gasteiger partial charge < -0.3 is 19.9 Å². The Balaban J connectivity index is 0.950. The largest absolute Gasteiger partial charge is 0.485 e. The number of benzene rings is 4. The van der Waals surface area contributed by atoms with Crippen LogP contribution in [0.2, 0.25) is 0 Å². The summed E-state index contributed by atoms with van der Waals surface area (Å²) in [6.45, 7) is 10.2. The van der Waals surface area contributed by atoms with Crippen LogP contribution in [0.4, 0.5) is 30.2 Å². The molecule has 0 aromatic heterocycles. The molecule has 0 radical (unpaired) electrons. The number of hydrogen-bond donors (Lipinski definition) is 1. The second kappa shape index (κ2) is 15.5. The highest BCUT2D eigenvalue weighted by atomic mass is 32.2. The maximum atomic E-state index is 13.6. The quantitative estimate of drug-likeness (QED) is 0.157. The van der Waals surface area contributed by atoms with Crippen molar-refractivity contribution in [2.45, 2.75) is 42.7 Å². The molecule has 1 fully saturated rings. The molecule has 0 bridgehead atoms. The second-order valence-electron chi connectivity index (χ2n) is 12.7. The summed E-state index contributed by atoms with van der Waals surface area (Å²) in [5.41, 5.74) is 2.92. The molecule has 2 heterocycles. The first kappa shape index (κ1) is 35.2. The molecule has 0 saturated carbocycles. The van der Waals surface area contributed by atoms with E-state index in [1.165, 1.54) is 30.8 Å². The summed E-state index contributed by atoms with van der Waals surface area (Å²) in [6, 6.07) is 24.2. The van der Waals surface area contributed by atoms with Gasteiger partial charge in [0, 0.05) is 67.6 Å². The van der Waals surface area contributed by atoms with Crippen LogP contribution >= 0.6 is 24.0 Å². The molecule has 11 heteroatoms. The smallest absolute Gasteiger partial charge is 0.416 e. The molecule has 258 valence electrons. The van der Waals surface area contributed by atoms with Crippen LogP contribution in [-0.2, 0) is 22.1 Å². The van der Waals surface area contributed by atoms with Crippen molar-refractivity contribution >= 4 is 62.8 Å². The lowest BCUT2D eigenvalue weighted by Crippen LogP contribution is -2.47. The van der Waals surface area contributed by atoms with Crippen LogP contribution in [0, 0.1) is 5.92 Å². The first-order chi connectivity index (χ1) is 23.5. The number of amides is 1. The van der Waals surface area contributed by atoms with Crippen LogP contribution < -0.4 is 10.2 Å². The topological polar surface area (TPSA) is 48.1 Å². The molecule has 49 heavy (non-hydrogen) atoms. The van der Waals surface area contributed by atoms with Crippen molar-refractivity contribution in [3.8, 4) is 0 Å². The third-order valence-corrected chi connectivity index (χ3v) is 10.8. The summed E-state index contributed by atoms with van der Waals surface area (Å²) >= 11 is 7.20. The monoisotopic (exact) mass is 706 g/mol. The van der Waals surface area contributed by atoms with Crippen molar-refractivity contribution in [2.24, 2.45) is 5.92 Å². The lowest BCUT2D eigenvalue weighted by molar-refractivity contribution is -0.137. The maximum Gasteiger partial charge on any atom is 0.416 e. The molecule has 1 atom stereocenters. The Bertz CT molecular complexity index is 1810. The summed E-state index contributed by atoms with van der Waals surface area (Å²) < 4.78 is 46.8. The van der Waals surface area contributed by atoms with E-state index in [4.69, 9.17) is 17.0 Å². The number of rotatable bonds is 11. The maximum absolute atomic E-state index is 13.6. The van der Waals surface area contributed by atoms with E-state index in [0.717, 1.165) is 89.6 Å². The van der Waals surface area contributed by atoms with Crippen LogP contribution in [0.1, 0.15) is 31.4 Å². The minimum atomic E-state index is -4.38. The lowest BCUT2D eigenvalue weighted by Gasteiger charge is -2.36. The van der Waals surface area contributed by atoms with Gasteiger partial charge in [0.2, 0.25) is 5.91 Å². The summed E-state index contributed by atoms with van der Waals surface area (Å²) in [4.78, 5) is 20.3. The third kappa shape index (κ3) is 8.75. The van der Waals surface area contributed by atoms with Gasteiger partial charge in [0.25, 0.3) is 0 Å². The molecule has 1 saturated heterocycles. The molecule has 2 aliphatic rings. The number of ether oxygens (including phenoxy) is 1. The van der Waals surface area contributed by atoms with E-state index in [9.17, 15) is 18.0 Å². The number of carbonyl (C=O) groups is 1. The molecular formula is C38H41F3N4O2S2. The minimum absolute atomic E-state index is 0.0550. The third-order valence-electron chi connectivity index (χ3n) is 9.15. The number of halogens is 3. The number of nitrogens with zero attached hydrogens (tertiary/aromatic N) is 3. The molecule has 1 amide bonds. The Labute approximate surface area is 295 Å². The van der Waals surface area contributed by atoms with Crippen molar-refractivity contribution in [1.82, 2.24) is 9.80 Å². The molecule has 1 unspecified atom stereocenters. The minimum Gasteiger partial charge on any atom is -0.485 e. The standard InChI is InChI=1S/C38H41F3N4O2S2/c1-26(23-29-8-5-7-28-11-13-31(25-32(28)29)42-27(2)46)37(48)47-22-21-44-19-17-43(18-20-44)15-6-16-45-33-9-3-4-10-35(33)49-36-14-12-30(24-34(36)45)38(39,40)41/h3-5,7-14,24-26H,6,15-23H2,1-2H3,(H,42,46). The Morgan fingerprint density at radius 3 is 2.39 bits per heavy atom. The van der Waals surface area contributed by atoms with Crippen molar-refractivity contribution in [3.05, 3.63) is 90.0 Å². The molecule has 0 spiro atoms. The fraction of sp³-hybridized carbons (Fsp3) is 0.368. The number of anilines is 3. The lowest BCUT2D eigenvalue weighted by atomic mass is 9.96. The Morgan fingerprint density at radius 2 is 1.63 bits per heavy atom. The van der Waals surface area contributed by atoms with E-state index in [2.05, 4.69) is 39.1 Å². The molecule has 1 N–H and O–H groups in total. The predicted molar refractivity (Wildman–Crippen MR) is 196 cm³/mol. The number of fused-ring (bicyclic) bond motifs is 3. The van der Waals surface area contributed by atoms with Gasteiger partial charge in [0.15, 0.2) is 5.05 Å². The Kier molecular flexibility index (Phi) is 11.1. The van der Waals surface area contributed by atoms with Gasteiger partial charge in [-0.3, -0.25) is 9.69 Å². The number of alkyl halides is 3. The van der Waals surface area contributed by atoms with Crippen LogP contribution in [-0.4, -0.2) is 73.2 Å². The SMILES string of the molecule is CC(=O)Nc1ccc2cccc(CC(C)C(=S)OCCN3CCN(CCCN4c5ccccc5Sc5ccc(C(F)(F)F)cc54)CC3)c2c1. The summed E-state index contributed by atoms with van der Waals surface area (Å²) in [5.74, 6) is -0.0423. The normalized spacial score (nSPS) is 15.8. The molecule has 4 aromatic rings. The number of carbonyl (C=O) groups excluding carboxylic acids is 1. The van der Waals surface area contributed by atoms with Gasteiger partial charge in [-0.2, -0.15) is 13.2 Å². The van der Waals surface area contributed by atoms with Gasteiger partial charge in [-0.05, 0) is 90.4 Å². The van der Waals surface area contributed by atoms with Gasteiger partial charge in [0.05, 0.1) is 16.9 Å². The van der Waals surface area contributed by atoms with Gasteiger partial charge in [-0.25, -0.2) is 0 Å². The van der Waals surface area contributed by atoms with Crippen molar-refractivity contribution < 1.29 is 22.7 Å². The van der Waals surface area contributed by atoms with Crippen molar-refractivity contribution in [2.75, 3.05) is 62.6 Å². The summed E-state index contributed by atoms with van der Waals surface area (Å²) in [6.07, 6.45) is -2.79. The predicted octanol–water partition coefficient (Wildman–Crippen LogP) is 8.65. The van der Waals surface area contributed by atoms with E-state index in [0.29, 0.717) is 23.9 Å². The number of hydrogen-bond acceptors (Lipinski definition) is 7. The number of piperazine rings is 1.